The Morgan fingerprint density at radius 1 is 1.15 bits per heavy atom. The van der Waals surface area contributed by atoms with Gasteiger partial charge in [0.05, 0.1) is 6.54 Å². The Morgan fingerprint density at radius 3 is 2.62 bits per heavy atom. The third-order valence-corrected chi connectivity index (χ3v) is 4.50. The highest BCUT2D eigenvalue weighted by molar-refractivity contribution is 8.00. The van der Waals surface area contributed by atoms with Crippen molar-refractivity contribution in [3.05, 3.63) is 60.4 Å². The van der Waals surface area contributed by atoms with Gasteiger partial charge in [-0.15, -0.1) is 11.8 Å². The molecule has 5 nitrogen and oxygen atoms in total. The van der Waals surface area contributed by atoms with Crippen LogP contribution < -0.4 is 16.0 Å². The van der Waals surface area contributed by atoms with Crippen molar-refractivity contribution in [2.45, 2.75) is 17.1 Å². The normalized spacial score (nSPS) is 12.3. The van der Waals surface area contributed by atoms with Gasteiger partial charge < -0.3 is 16.0 Å². The van der Waals surface area contributed by atoms with Crippen LogP contribution in [-0.4, -0.2) is 37.3 Å². The fourth-order valence-corrected chi connectivity index (χ4v) is 3.12. The lowest BCUT2D eigenvalue weighted by molar-refractivity contribution is -0.115. The van der Waals surface area contributed by atoms with Gasteiger partial charge >= 0.3 is 0 Å². The average Bonchev–Trinajstić information content (AvgIpc) is 2.62. The van der Waals surface area contributed by atoms with E-state index in [0.717, 1.165) is 0 Å². The van der Waals surface area contributed by atoms with Crippen LogP contribution >= 0.6 is 11.8 Å². The highest BCUT2D eigenvalue weighted by Gasteiger charge is 2.08. The first kappa shape index (κ1) is 19.8. The second-order valence-electron chi connectivity index (χ2n) is 5.61. The van der Waals surface area contributed by atoms with E-state index in [1.165, 1.54) is 17.0 Å². The number of halogens is 1. The van der Waals surface area contributed by atoms with E-state index >= 15 is 0 Å². The Kier molecular flexibility index (Phi) is 7.95. The molecule has 0 aromatic heterocycles. The predicted octanol–water partition coefficient (Wildman–Crippen LogP) is 3.11. The van der Waals surface area contributed by atoms with Gasteiger partial charge in [-0.25, -0.2) is 4.39 Å². The molecule has 138 valence electrons. The zero-order chi connectivity index (χ0) is 18.8. The van der Waals surface area contributed by atoms with Gasteiger partial charge in [0.15, 0.2) is 5.96 Å². The number of aliphatic imine (C=N–C) groups is 1. The van der Waals surface area contributed by atoms with Crippen LogP contribution in [0.1, 0.15) is 6.92 Å². The molecule has 0 spiro atoms. The van der Waals surface area contributed by atoms with Crippen molar-refractivity contribution in [2.75, 3.05) is 25.5 Å². The molecule has 0 radical (unpaired) electrons. The summed E-state index contributed by atoms with van der Waals surface area (Å²) in [4.78, 5) is 17.3. The van der Waals surface area contributed by atoms with Crippen molar-refractivity contribution in [1.29, 1.82) is 0 Å². The van der Waals surface area contributed by atoms with Crippen molar-refractivity contribution < 1.29 is 9.18 Å². The number of thioether (sulfide) groups is 1. The summed E-state index contributed by atoms with van der Waals surface area (Å²) in [5.41, 5.74) is 0.424. The number of rotatable bonds is 7. The van der Waals surface area contributed by atoms with Gasteiger partial charge in [-0.1, -0.05) is 31.2 Å². The summed E-state index contributed by atoms with van der Waals surface area (Å²) in [5, 5.41) is 9.10. The number of anilines is 1. The molecule has 0 saturated carbocycles. The average molecular weight is 374 g/mol. The van der Waals surface area contributed by atoms with Crippen LogP contribution in [-0.2, 0) is 4.79 Å². The van der Waals surface area contributed by atoms with E-state index in [1.807, 2.05) is 18.2 Å². The minimum Gasteiger partial charge on any atom is -0.355 e. The smallest absolute Gasteiger partial charge is 0.243 e. The highest BCUT2D eigenvalue weighted by atomic mass is 32.2. The van der Waals surface area contributed by atoms with Crippen molar-refractivity contribution >= 4 is 29.3 Å². The quantitative estimate of drug-likeness (QED) is 0.396. The van der Waals surface area contributed by atoms with Crippen molar-refractivity contribution in [3.63, 3.8) is 0 Å². The monoisotopic (exact) mass is 374 g/mol. The molecule has 0 bridgehead atoms. The van der Waals surface area contributed by atoms with Gasteiger partial charge in [-0.05, 0) is 30.3 Å². The maximum absolute atomic E-state index is 13.1. The second kappa shape index (κ2) is 10.5. The van der Waals surface area contributed by atoms with Crippen LogP contribution in [0.25, 0.3) is 0 Å². The van der Waals surface area contributed by atoms with Crippen LogP contribution in [0.2, 0.25) is 0 Å². The molecule has 0 aliphatic carbocycles. The van der Waals surface area contributed by atoms with E-state index < -0.39 is 5.82 Å². The van der Waals surface area contributed by atoms with E-state index in [-0.39, 0.29) is 12.5 Å². The first-order valence-electron chi connectivity index (χ1n) is 8.28. The Morgan fingerprint density at radius 2 is 1.92 bits per heavy atom. The number of nitrogens with zero attached hydrogens (tertiary/aromatic N) is 1. The highest BCUT2D eigenvalue weighted by Crippen LogP contribution is 2.21. The van der Waals surface area contributed by atoms with Gasteiger partial charge in [-0.2, -0.15) is 0 Å². The first-order valence-corrected chi connectivity index (χ1v) is 9.16. The van der Waals surface area contributed by atoms with E-state index in [4.69, 9.17) is 0 Å². The zero-order valence-electron chi connectivity index (χ0n) is 14.8. The number of carbonyl (C=O) groups excluding carboxylic acids is 1. The summed E-state index contributed by atoms with van der Waals surface area (Å²) in [6, 6.07) is 16.0. The molecule has 0 heterocycles. The Balaban J connectivity index is 1.72. The lowest BCUT2D eigenvalue weighted by Crippen LogP contribution is -2.43. The molecule has 2 aromatic rings. The van der Waals surface area contributed by atoms with Gasteiger partial charge in [-0.3, -0.25) is 9.79 Å². The number of nitrogens with one attached hydrogen (secondary N) is 3. The van der Waals surface area contributed by atoms with Gasteiger partial charge in [0.25, 0.3) is 0 Å². The Labute approximate surface area is 157 Å². The van der Waals surface area contributed by atoms with Crippen LogP contribution in [0.3, 0.4) is 0 Å². The second-order valence-corrected chi connectivity index (χ2v) is 7.12. The van der Waals surface area contributed by atoms with E-state index in [1.54, 1.807) is 30.9 Å². The standard InChI is InChI=1S/C19H23FN4OS/c1-14(26-17-9-4-3-5-10-17)12-22-19(21-2)23-13-18(25)24-16-8-6-7-15(20)11-16/h3-11,14H,12-13H2,1-2H3,(H,24,25)(H2,21,22,23). The summed E-state index contributed by atoms with van der Waals surface area (Å²) in [5.74, 6) is -0.122. The lowest BCUT2D eigenvalue weighted by Gasteiger charge is -2.16. The third kappa shape index (κ3) is 7.14. The van der Waals surface area contributed by atoms with Crippen LogP contribution in [0, 0.1) is 5.82 Å². The summed E-state index contributed by atoms with van der Waals surface area (Å²) < 4.78 is 13.1. The number of guanidine groups is 1. The molecule has 0 saturated heterocycles. The van der Waals surface area contributed by atoms with E-state index in [2.05, 4.69) is 40.0 Å². The topological polar surface area (TPSA) is 65.5 Å². The number of carbonyl (C=O) groups is 1. The SMILES string of the molecule is CN=C(NCC(=O)Nc1cccc(F)c1)NCC(C)Sc1ccccc1. The third-order valence-electron chi connectivity index (χ3n) is 3.39. The fourth-order valence-electron chi connectivity index (χ4n) is 2.17. The minimum atomic E-state index is -0.391. The zero-order valence-corrected chi connectivity index (χ0v) is 15.6. The molecular formula is C19H23FN4OS. The molecule has 1 atom stereocenters. The molecule has 1 unspecified atom stereocenters. The fraction of sp³-hybridized carbons (Fsp3) is 0.263. The number of hydrogen-bond donors (Lipinski definition) is 3. The lowest BCUT2D eigenvalue weighted by atomic mass is 10.3. The molecule has 0 aliphatic heterocycles. The summed E-state index contributed by atoms with van der Waals surface area (Å²) in [6.07, 6.45) is 0. The molecule has 0 aliphatic rings. The molecule has 0 fully saturated rings. The predicted molar refractivity (Wildman–Crippen MR) is 106 cm³/mol. The van der Waals surface area contributed by atoms with Crippen molar-refractivity contribution in [3.8, 4) is 0 Å². The minimum absolute atomic E-state index is 0.0381. The molecule has 7 heteroatoms. The van der Waals surface area contributed by atoms with Gasteiger partial charge in [0.2, 0.25) is 5.91 Å². The van der Waals surface area contributed by atoms with Gasteiger partial charge in [0, 0.05) is 29.4 Å². The molecule has 1 amide bonds. The van der Waals surface area contributed by atoms with Gasteiger partial charge in [0.1, 0.15) is 5.82 Å². The molecular weight excluding hydrogens is 351 g/mol. The van der Waals surface area contributed by atoms with E-state index in [0.29, 0.717) is 23.4 Å². The van der Waals surface area contributed by atoms with Crippen LogP contribution in [0.5, 0.6) is 0 Å². The molecule has 2 aromatic carbocycles. The van der Waals surface area contributed by atoms with Crippen molar-refractivity contribution in [2.24, 2.45) is 4.99 Å². The maximum atomic E-state index is 13.1. The first-order chi connectivity index (χ1) is 12.6. The van der Waals surface area contributed by atoms with Crippen molar-refractivity contribution in [1.82, 2.24) is 10.6 Å². The number of benzene rings is 2. The maximum Gasteiger partial charge on any atom is 0.243 e. The largest absolute Gasteiger partial charge is 0.355 e. The van der Waals surface area contributed by atoms with E-state index in [9.17, 15) is 9.18 Å². The Hall–Kier alpha value is -2.54. The summed E-state index contributed by atoms with van der Waals surface area (Å²) >= 11 is 1.76. The molecule has 26 heavy (non-hydrogen) atoms. The molecule has 2 rings (SSSR count). The molecule has 3 N–H and O–H groups in total. The Bertz CT molecular complexity index is 739. The summed E-state index contributed by atoms with van der Waals surface area (Å²) in [7, 11) is 1.65. The number of hydrogen-bond acceptors (Lipinski definition) is 3. The number of amides is 1. The summed E-state index contributed by atoms with van der Waals surface area (Å²) in [6.45, 7) is 2.86. The van der Waals surface area contributed by atoms with Crippen LogP contribution in [0.4, 0.5) is 10.1 Å². The van der Waals surface area contributed by atoms with Crippen LogP contribution in [0.15, 0.2) is 64.5 Å².